The second kappa shape index (κ2) is 9.67. The van der Waals surface area contributed by atoms with Crippen LogP contribution in [0.3, 0.4) is 0 Å². The Morgan fingerprint density at radius 1 is 1.03 bits per heavy atom. The predicted octanol–water partition coefficient (Wildman–Crippen LogP) is 5.45. The third-order valence-corrected chi connectivity index (χ3v) is 6.43. The number of nitrogens with zero attached hydrogens (tertiary/aromatic N) is 1. The van der Waals surface area contributed by atoms with E-state index in [2.05, 4.69) is 0 Å². The first kappa shape index (κ1) is 21.6. The minimum atomic E-state index is -0.937. The van der Waals surface area contributed by atoms with Crippen molar-refractivity contribution in [2.24, 2.45) is 11.8 Å². The van der Waals surface area contributed by atoms with Gasteiger partial charge in [-0.2, -0.15) is 0 Å². The second-order valence-corrected chi connectivity index (χ2v) is 8.58. The number of carbonyl (C=O) groups excluding carboxylic acids is 1. The lowest BCUT2D eigenvalue weighted by Crippen LogP contribution is -2.43. The summed E-state index contributed by atoms with van der Waals surface area (Å²) in [6, 6.07) is 9.45. The van der Waals surface area contributed by atoms with Crippen LogP contribution in [0.2, 0.25) is 0 Å². The SMILES string of the molecule is COc1cc(F)c(F)cc1-c1ccc(OCC2CCCN(C(=O)C3CCCC3)C2)cc1. The van der Waals surface area contributed by atoms with Crippen molar-refractivity contribution in [3.63, 3.8) is 0 Å². The maximum absolute atomic E-state index is 13.7. The molecule has 6 heteroatoms. The topological polar surface area (TPSA) is 38.8 Å². The number of halogens is 2. The lowest BCUT2D eigenvalue weighted by atomic mass is 9.96. The summed E-state index contributed by atoms with van der Waals surface area (Å²) in [6.07, 6.45) is 6.48. The Hall–Kier alpha value is -2.63. The van der Waals surface area contributed by atoms with Gasteiger partial charge in [0.1, 0.15) is 11.5 Å². The van der Waals surface area contributed by atoms with Crippen LogP contribution in [0.15, 0.2) is 36.4 Å². The van der Waals surface area contributed by atoms with Gasteiger partial charge in [-0.1, -0.05) is 25.0 Å². The van der Waals surface area contributed by atoms with E-state index in [1.165, 1.54) is 20.0 Å². The fourth-order valence-electron chi connectivity index (χ4n) is 4.70. The Bertz CT molecular complexity index is 910. The predicted molar refractivity (Wildman–Crippen MR) is 115 cm³/mol. The highest BCUT2D eigenvalue weighted by molar-refractivity contribution is 5.79. The minimum Gasteiger partial charge on any atom is -0.496 e. The van der Waals surface area contributed by atoms with Gasteiger partial charge in [0.2, 0.25) is 5.91 Å². The molecule has 1 unspecified atom stereocenters. The first-order chi connectivity index (χ1) is 15.0. The van der Waals surface area contributed by atoms with E-state index in [1.807, 2.05) is 17.0 Å². The van der Waals surface area contributed by atoms with Crippen LogP contribution in [-0.4, -0.2) is 37.6 Å². The van der Waals surface area contributed by atoms with Gasteiger partial charge in [0, 0.05) is 36.6 Å². The molecule has 0 radical (unpaired) electrons. The van der Waals surface area contributed by atoms with Gasteiger partial charge in [0.05, 0.1) is 13.7 Å². The molecule has 1 atom stereocenters. The van der Waals surface area contributed by atoms with Crippen molar-refractivity contribution in [1.29, 1.82) is 0 Å². The average molecular weight is 430 g/mol. The molecule has 2 aromatic carbocycles. The molecule has 2 aliphatic rings. The fraction of sp³-hybridized carbons (Fsp3) is 0.480. The third-order valence-electron chi connectivity index (χ3n) is 6.43. The first-order valence-electron chi connectivity index (χ1n) is 11.1. The smallest absolute Gasteiger partial charge is 0.225 e. The van der Waals surface area contributed by atoms with E-state index < -0.39 is 11.6 Å². The van der Waals surface area contributed by atoms with E-state index in [9.17, 15) is 13.6 Å². The highest BCUT2D eigenvalue weighted by Gasteiger charge is 2.30. The Kier molecular flexibility index (Phi) is 6.73. The Balaban J connectivity index is 1.35. The molecule has 0 spiro atoms. The van der Waals surface area contributed by atoms with E-state index in [1.54, 1.807) is 12.1 Å². The van der Waals surface area contributed by atoms with Gasteiger partial charge in [-0.05, 0) is 49.4 Å². The van der Waals surface area contributed by atoms with Crippen LogP contribution >= 0.6 is 0 Å². The van der Waals surface area contributed by atoms with Crippen molar-refractivity contribution < 1.29 is 23.0 Å². The van der Waals surface area contributed by atoms with Gasteiger partial charge in [0.15, 0.2) is 11.6 Å². The van der Waals surface area contributed by atoms with Crippen molar-refractivity contribution in [2.45, 2.75) is 38.5 Å². The summed E-state index contributed by atoms with van der Waals surface area (Å²) in [5.74, 6) is 0.0163. The number of rotatable bonds is 6. The Morgan fingerprint density at radius 3 is 2.45 bits per heavy atom. The van der Waals surface area contributed by atoms with E-state index in [0.29, 0.717) is 35.3 Å². The zero-order valence-corrected chi connectivity index (χ0v) is 17.9. The molecule has 1 heterocycles. The molecule has 166 valence electrons. The van der Waals surface area contributed by atoms with E-state index in [0.717, 1.165) is 50.9 Å². The minimum absolute atomic E-state index is 0.223. The Morgan fingerprint density at radius 2 is 1.74 bits per heavy atom. The number of methoxy groups -OCH3 is 1. The molecule has 2 aromatic rings. The summed E-state index contributed by atoms with van der Waals surface area (Å²) in [4.78, 5) is 14.7. The lowest BCUT2D eigenvalue weighted by Gasteiger charge is -2.34. The highest BCUT2D eigenvalue weighted by Crippen LogP contribution is 2.33. The number of likely N-dealkylation sites (tertiary alicyclic amines) is 1. The summed E-state index contributed by atoms with van der Waals surface area (Å²) < 4.78 is 38.3. The fourth-order valence-corrected chi connectivity index (χ4v) is 4.70. The number of hydrogen-bond donors (Lipinski definition) is 0. The van der Waals surface area contributed by atoms with Crippen LogP contribution in [0, 0.1) is 23.5 Å². The van der Waals surface area contributed by atoms with Gasteiger partial charge in [-0.3, -0.25) is 4.79 Å². The molecule has 1 aliphatic heterocycles. The van der Waals surface area contributed by atoms with Crippen LogP contribution in [0.25, 0.3) is 11.1 Å². The summed E-state index contributed by atoms with van der Waals surface area (Å²) in [6.45, 7) is 2.18. The maximum atomic E-state index is 13.7. The van der Waals surface area contributed by atoms with Crippen LogP contribution < -0.4 is 9.47 Å². The van der Waals surface area contributed by atoms with E-state index >= 15 is 0 Å². The van der Waals surface area contributed by atoms with Crippen LogP contribution in [-0.2, 0) is 4.79 Å². The van der Waals surface area contributed by atoms with Crippen molar-refractivity contribution in [2.75, 3.05) is 26.8 Å². The van der Waals surface area contributed by atoms with Crippen molar-refractivity contribution in [3.8, 4) is 22.6 Å². The summed E-state index contributed by atoms with van der Waals surface area (Å²) in [7, 11) is 1.43. The number of amides is 1. The molecule has 0 aromatic heterocycles. The van der Waals surface area contributed by atoms with Gasteiger partial charge >= 0.3 is 0 Å². The molecule has 4 nitrogen and oxygen atoms in total. The standard InChI is InChI=1S/C25H29F2NO3/c1-30-24-14-23(27)22(26)13-21(24)18-8-10-20(11-9-18)31-16-17-5-4-12-28(15-17)25(29)19-6-2-3-7-19/h8-11,13-14,17,19H,2-7,12,15-16H2,1H3. The lowest BCUT2D eigenvalue weighted by molar-refractivity contribution is -0.137. The van der Waals surface area contributed by atoms with Crippen LogP contribution in [0.5, 0.6) is 11.5 Å². The summed E-state index contributed by atoms with van der Waals surface area (Å²) in [5, 5.41) is 0. The van der Waals surface area contributed by atoms with Crippen LogP contribution in [0.4, 0.5) is 8.78 Å². The molecule has 1 aliphatic carbocycles. The molecule has 4 rings (SSSR count). The zero-order valence-electron chi connectivity index (χ0n) is 17.9. The molecule has 1 saturated carbocycles. The molecule has 0 N–H and O–H groups in total. The number of ether oxygens (including phenoxy) is 2. The maximum Gasteiger partial charge on any atom is 0.225 e. The summed E-state index contributed by atoms with van der Waals surface area (Å²) in [5.41, 5.74) is 1.20. The van der Waals surface area contributed by atoms with E-state index in [4.69, 9.17) is 9.47 Å². The zero-order chi connectivity index (χ0) is 21.8. The van der Waals surface area contributed by atoms with Gasteiger partial charge in [-0.15, -0.1) is 0 Å². The number of carbonyl (C=O) groups is 1. The van der Waals surface area contributed by atoms with Crippen molar-refractivity contribution >= 4 is 5.91 Å². The van der Waals surface area contributed by atoms with Gasteiger partial charge < -0.3 is 14.4 Å². The molecule has 2 fully saturated rings. The second-order valence-electron chi connectivity index (χ2n) is 8.58. The number of piperidine rings is 1. The van der Waals surface area contributed by atoms with Gasteiger partial charge in [-0.25, -0.2) is 8.78 Å². The number of benzene rings is 2. The Labute approximate surface area is 182 Å². The average Bonchev–Trinajstić information content (AvgIpc) is 3.34. The third kappa shape index (κ3) is 5.00. The number of hydrogen-bond acceptors (Lipinski definition) is 3. The van der Waals surface area contributed by atoms with Gasteiger partial charge in [0.25, 0.3) is 0 Å². The monoisotopic (exact) mass is 429 g/mol. The molecule has 0 bridgehead atoms. The quantitative estimate of drug-likeness (QED) is 0.613. The molecule has 1 saturated heterocycles. The van der Waals surface area contributed by atoms with Crippen molar-refractivity contribution in [3.05, 3.63) is 48.0 Å². The normalized spacial score (nSPS) is 19.5. The molecule has 31 heavy (non-hydrogen) atoms. The largest absolute Gasteiger partial charge is 0.496 e. The highest BCUT2D eigenvalue weighted by atomic mass is 19.2. The molecular formula is C25H29F2NO3. The first-order valence-corrected chi connectivity index (χ1v) is 11.1. The van der Waals surface area contributed by atoms with Crippen molar-refractivity contribution in [1.82, 2.24) is 4.90 Å². The molecular weight excluding hydrogens is 400 g/mol. The summed E-state index contributed by atoms with van der Waals surface area (Å²) >= 11 is 0. The van der Waals surface area contributed by atoms with E-state index in [-0.39, 0.29) is 11.7 Å². The molecule has 1 amide bonds. The van der Waals surface area contributed by atoms with Crippen LogP contribution in [0.1, 0.15) is 38.5 Å².